The number of nitrogens with one attached hydrogen (secondary N) is 4. The van der Waals surface area contributed by atoms with E-state index in [1.807, 2.05) is 0 Å². The van der Waals surface area contributed by atoms with Gasteiger partial charge in [-0.15, -0.1) is 6.42 Å². The predicted octanol–water partition coefficient (Wildman–Crippen LogP) is 3.77. The van der Waals surface area contributed by atoms with Crippen molar-refractivity contribution in [1.29, 1.82) is 0 Å². The summed E-state index contributed by atoms with van der Waals surface area (Å²) >= 11 is 0. The fraction of sp³-hybridized carbons (Fsp3) is 0.738. The third kappa shape index (κ3) is 31.5. The van der Waals surface area contributed by atoms with Gasteiger partial charge in [0.2, 0.25) is 23.3 Å². The van der Waals surface area contributed by atoms with Crippen molar-refractivity contribution in [2.24, 2.45) is 10.9 Å². The quantitative estimate of drug-likeness (QED) is 0.0127. The summed E-state index contributed by atoms with van der Waals surface area (Å²) in [6.45, 7) is 27.4. The fourth-order valence-electron chi connectivity index (χ4n) is 10.0. The monoisotopic (exact) mass is 1380 g/mol. The van der Waals surface area contributed by atoms with E-state index in [-0.39, 0.29) is 129 Å². The first-order valence-corrected chi connectivity index (χ1v) is 32.3. The summed E-state index contributed by atoms with van der Waals surface area (Å²) in [5.41, 5.74) is -1.66. The van der Waals surface area contributed by atoms with Crippen LogP contribution < -0.4 is 21.3 Å². The Morgan fingerprint density at radius 2 is 1.10 bits per heavy atom. The number of carboxylic acids is 2. The Balaban J connectivity index is 1.38. The molecule has 2 saturated heterocycles. The SMILES string of the molecule is C#CCOCCOCCOCCOCCC(=O)N(CCOCCCC(=O)O[C@@H]([C@@H]1OC(C(=O)O)=C[C@H](N=C(C)NC(=O)OC(C)(C)C)[C@H]1C)[C@H]1COC(C)(C)O1)CCOCCCC(=O)O[C@@H]([C@@H]1OC(C(=O)O)=C[C@H](NC(=C)NC(=O)OC(C)(C)C)[C@H]1NC(C)=O)[C@H]1COC(C)(C)O1. The molecule has 97 heavy (non-hydrogen) atoms. The Morgan fingerprint density at radius 3 is 1.57 bits per heavy atom. The molecule has 4 rings (SSSR count). The molecule has 4 aliphatic heterocycles. The first-order chi connectivity index (χ1) is 45.6. The lowest BCUT2D eigenvalue weighted by molar-refractivity contribution is -0.190. The summed E-state index contributed by atoms with van der Waals surface area (Å²) in [7, 11) is 0. The highest BCUT2D eigenvalue weighted by Gasteiger charge is 2.52. The molecule has 10 atom stereocenters. The zero-order chi connectivity index (χ0) is 72.1. The Kier molecular flexibility index (Phi) is 33.9. The van der Waals surface area contributed by atoms with E-state index < -0.39 is 137 Å². The van der Waals surface area contributed by atoms with E-state index in [9.17, 15) is 48.6 Å². The minimum Gasteiger partial charge on any atom is -0.479 e. The molecule has 32 heteroatoms. The molecule has 0 aromatic heterocycles. The Bertz CT molecular complexity index is 2750. The molecule has 0 radical (unpaired) electrons. The molecule has 0 aliphatic carbocycles. The number of aliphatic imine (C=N–C) groups is 1. The van der Waals surface area contributed by atoms with Crippen LogP contribution in [0, 0.1) is 18.3 Å². The van der Waals surface area contributed by atoms with Gasteiger partial charge in [0.1, 0.15) is 47.8 Å². The number of hydrogen-bond acceptors (Lipinski definition) is 26. The largest absolute Gasteiger partial charge is 0.479 e. The molecule has 0 unspecified atom stereocenters. The van der Waals surface area contributed by atoms with Crippen molar-refractivity contribution in [1.82, 2.24) is 26.2 Å². The van der Waals surface area contributed by atoms with E-state index in [2.05, 4.69) is 38.8 Å². The number of amides is 4. The molecular weight excluding hydrogens is 1280 g/mol. The van der Waals surface area contributed by atoms with Crippen LogP contribution in [0.2, 0.25) is 0 Å². The third-order valence-corrected chi connectivity index (χ3v) is 14.2. The van der Waals surface area contributed by atoms with Crippen molar-refractivity contribution in [3.8, 4) is 12.3 Å². The van der Waals surface area contributed by atoms with Crippen molar-refractivity contribution >= 4 is 53.7 Å². The maximum atomic E-state index is 13.8. The van der Waals surface area contributed by atoms with Crippen molar-refractivity contribution in [2.75, 3.05) is 106 Å². The second kappa shape index (κ2) is 40.0. The lowest BCUT2D eigenvalue weighted by Gasteiger charge is -2.42. The molecule has 6 N–H and O–H groups in total. The summed E-state index contributed by atoms with van der Waals surface area (Å²) < 4.78 is 92.3. The van der Waals surface area contributed by atoms with E-state index in [0.29, 0.717) is 26.4 Å². The van der Waals surface area contributed by atoms with Crippen molar-refractivity contribution in [2.45, 2.75) is 200 Å². The number of carboxylic acid groups (broad SMARTS) is 2. The topological polar surface area (TPSA) is 388 Å². The summed E-state index contributed by atoms with van der Waals surface area (Å²) in [6, 6.07) is -3.14. The summed E-state index contributed by atoms with van der Waals surface area (Å²) in [5.74, 6) is -6.62. The van der Waals surface area contributed by atoms with Gasteiger partial charge in [0.25, 0.3) is 0 Å². The van der Waals surface area contributed by atoms with Gasteiger partial charge in [-0.3, -0.25) is 34.8 Å². The molecule has 4 heterocycles. The van der Waals surface area contributed by atoms with Crippen LogP contribution in [-0.2, 0) is 105 Å². The smallest absolute Gasteiger partial charge is 0.413 e. The van der Waals surface area contributed by atoms with Gasteiger partial charge in [-0.25, -0.2) is 19.2 Å². The second-order valence-electron chi connectivity index (χ2n) is 25.8. The first-order valence-electron chi connectivity index (χ1n) is 32.3. The molecule has 4 amide bonds. The van der Waals surface area contributed by atoms with E-state index in [1.54, 1.807) is 76.2 Å². The zero-order valence-electron chi connectivity index (χ0n) is 58.1. The highest BCUT2D eigenvalue weighted by Crippen LogP contribution is 2.36. The average molecular weight is 1380 g/mol. The van der Waals surface area contributed by atoms with Gasteiger partial charge in [-0.2, -0.15) is 0 Å². The number of esters is 2. The third-order valence-electron chi connectivity index (χ3n) is 14.2. The highest BCUT2D eigenvalue weighted by atomic mass is 16.8. The molecule has 0 aromatic rings. The number of ether oxygens (including phenoxy) is 16. The van der Waals surface area contributed by atoms with Crippen molar-refractivity contribution < 1.29 is 124 Å². The standard InChI is InChI=1S/C65H102N6O26/c1-16-24-82-30-32-86-34-35-87-33-31-85-27-21-50(73)71(22-28-83-25-17-19-51(74)92-55(48-38-88-64(12,13)94-48)54-40(2)44(36-46(90-54)58(76)77)66-41(3)68-60(80)96-62(6,7)8)23-29-84-26-18-20-52(75)93-56(49-39-89-65(14,15)95-49)57-53(70-43(5)72)45(37-47(91-57)59(78)79)67-42(4)69-61(81)97-63(9,10)11/h1,36-37,40,44-45,48-49,53-57,67H,4,17-35,38-39H2,2-3,5-15H3,(H,69,81)(H,70,72)(H,76,77)(H,78,79)(H,66,68,80)/t40-,44+,45+,48-,49-,53-,54-,55-,56-,57-/m1/s1. The fourth-order valence-corrected chi connectivity index (χ4v) is 10.0. The number of carbonyl (C=O) groups excluding carboxylic acids is 6. The van der Waals surface area contributed by atoms with Gasteiger partial charge in [0.05, 0.1) is 97.2 Å². The molecule has 0 spiro atoms. The van der Waals surface area contributed by atoms with Gasteiger partial charge in [0.15, 0.2) is 29.9 Å². The maximum Gasteiger partial charge on any atom is 0.413 e. The number of carbonyl (C=O) groups is 8. The van der Waals surface area contributed by atoms with Crippen LogP contribution in [0.3, 0.4) is 0 Å². The maximum absolute atomic E-state index is 13.8. The number of hydrogen-bond donors (Lipinski definition) is 6. The van der Waals surface area contributed by atoms with Crippen molar-refractivity contribution in [3.05, 3.63) is 36.1 Å². The molecule has 548 valence electrons. The van der Waals surface area contributed by atoms with Gasteiger partial charge in [-0.1, -0.05) is 19.4 Å². The van der Waals surface area contributed by atoms with Crippen LogP contribution in [0.5, 0.6) is 0 Å². The minimum absolute atomic E-state index is 0.00478. The van der Waals surface area contributed by atoms with Crippen molar-refractivity contribution in [3.63, 3.8) is 0 Å². The lowest BCUT2D eigenvalue weighted by atomic mass is 9.87. The van der Waals surface area contributed by atoms with Gasteiger partial charge in [0, 0.05) is 52.0 Å². The number of terminal acetylenes is 1. The normalized spacial score (nSPS) is 22.7. The van der Waals surface area contributed by atoms with Crippen LogP contribution >= 0.6 is 0 Å². The van der Waals surface area contributed by atoms with E-state index in [0.717, 1.165) is 0 Å². The molecular formula is C65H102N6O26. The summed E-state index contributed by atoms with van der Waals surface area (Å²) in [6.07, 6.45) is -1.00. The van der Waals surface area contributed by atoms with Crippen LogP contribution in [0.1, 0.15) is 122 Å². The number of amidine groups is 1. The number of aliphatic carboxylic acids is 2. The number of nitrogens with zero attached hydrogens (tertiary/aromatic N) is 2. The molecule has 0 saturated carbocycles. The van der Waals surface area contributed by atoms with E-state index in [1.165, 1.54) is 30.9 Å². The first kappa shape index (κ1) is 82.2. The second-order valence-corrected chi connectivity index (χ2v) is 25.8. The molecule has 4 aliphatic rings. The molecule has 2 fully saturated rings. The van der Waals surface area contributed by atoms with E-state index >= 15 is 0 Å². The van der Waals surface area contributed by atoms with Crippen LogP contribution in [0.15, 0.2) is 41.1 Å². The molecule has 0 aromatic carbocycles. The molecule has 0 bridgehead atoms. The Hall–Kier alpha value is -7.19. The highest BCUT2D eigenvalue weighted by molar-refractivity contribution is 5.94. The summed E-state index contributed by atoms with van der Waals surface area (Å²) in [5, 5.41) is 31.0. The number of alkyl carbamates (subject to hydrolysis) is 2. The Morgan fingerprint density at radius 1 is 0.649 bits per heavy atom. The van der Waals surface area contributed by atoms with Crippen LogP contribution in [0.25, 0.3) is 0 Å². The minimum atomic E-state index is -1.49. The van der Waals surface area contributed by atoms with E-state index in [4.69, 9.17) is 82.2 Å². The van der Waals surface area contributed by atoms with Crippen LogP contribution in [-0.4, -0.2) is 252 Å². The Labute approximate surface area is 567 Å². The lowest BCUT2D eigenvalue weighted by Crippen LogP contribution is -2.64. The number of rotatable bonds is 40. The predicted molar refractivity (Wildman–Crippen MR) is 343 cm³/mol. The zero-order valence-corrected chi connectivity index (χ0v) is 58.1. The van der Waals surface area contributed by atoms with Gasteiger partial charge in [-0.05, 0) is 101 Å². The molecule has 32 nitrogen and oxygen atoms in total. The summed E-state index contributed by atoms with van der Waals surface area (Å²) in [4.78, 5) is 110. The van der Waals surface area contributed by atoms with Gasteiger partial charge >= 0.3 is 36.1 Å². The van der Waals surface area contributed by atoms with Crippen LogP contribution in [0.4, 0.5) is 9.59 Å². The average Bonchev–Trinajstić information content (AvgIpc) is 1.78. The van der Waals surface area contributed by atoms with Gasteiger partial charge < -0.3 is 102 Å².